The molecule has 0 saturated carbocycles. The maximum Gasteiger partial charge on any atom is 0.110 e. The van der Waals surface area contributed by atoms with E-state index >= 15 is 0 Å². The summed E-state index contributed by atoms with van der Waals surface area (Å²) in [5.41, 5.74) is 0.336. The third-order valence-electron chi connectivity index (χ3n) is 0.769. The predicted molar refractivity (Wildman–Crippen MR) is 39.4 cm³/mol. The zero-order chi connectivity index (χ0) is 5.86. The molecule has 0 spiro atoms. The van der Waals surface area contributed by atoms with Crippen molar-refractivity contribution in [3.05, 3.63) is 12.7 Å². The van der Waals surface area contributed by atoms with E-state index in [0.717, 1.165) is 10.2 Å². The lowest BCUT2D eigenvalue weighted by Gasteiger charge is -2.02. The average Bonchev–Trinajstić information content (AvgIpc) is 1.65. The summed E-state index contributed by atoms with van der Waals surface area (Å²) in [5.74, 6) is 0. The van der Waals surface area contributed by atoms with Gasteiger partial charge in [0.15, 0.2) is 0 Å². The van der Waals surface area contributed by atoms with Crippen LogP contribution in [-0.4, -0.2) is 15.1 Å². The summed E-state index contributed by atoms with van der Waals surface area (Å²) in [6, 6.07) is 0. The lowest BCUT2D eigenvalue weighted by Crippen LogP contribution is -1.96. The molecule has 0 saturated heterocycles. The van der Waals surface area contributed by atoms with Gasteiger partial charge in [-0.05, 0) is 5.54 Å². The maximum atomic E-state index is 5.46. The van der Waals surface area contributed by atoms with Gasteiger partial charge in [-0.1, -0.05) is 6.08 Å². The molecule has 0 N–H and O–H groups in total. The van der Waals surface area contributed by atoms with Gasteiger partial charge in [0.1, 0.15) is 4.84 Å². The lowest BCUT2D eigenvalue weighted by molar-refractivity contribution is 1.15. The largest absolute Gasteiger partial charge is 0.110 e. The molecule has 0 amide bonds. The smallest absolute Gasteiger partial charge is 0.105 e. The SMILES string of the molecule is C=CC([SiH3])C(Cl)Cl. The highest BCUT2D eigenvalue weighted by atomic mass is 35.5. The first-order valence-electron chi connectivity index (χ1n) is 2.09. The van der Waals surface area contributed by atoms with Crippen LogP contribution >= 0.6 is 23.2 Å². The zero-order valence-electron chi connectivity index (χ0n) is 4.20. The van der Waals surface area contributed by atoms with Gasteiger partial charge in [-0.3, -0.25) is 0 Å². The Morgan fingerprint density at radius 3 is 2.00 bits per heavy atom. The Morgan fingerprint density at radius 2 is 2.00 bits per heavy atom. The third kappa shape index (κ3) is 3.15. The molecule has 0 aromatic carbocycles. The first-order valence-corrected chi connectivity index (χ1v) is 4.12. The summed E-state index contributed by atoms with van der Waals surface area (Å²) in [5, 5.41) is 0. The minimum absolute atomic E-state index is 0.246. The molecule has 3 heteroatoms. The monoisotopic (exact) mass is 154 g/mol. The molecule has 0 aromatic rings. The minimum atomic E-state index is -0.246. The van der Waals surface area contributed by atoms with E-state index < -0.39 is 0 Å². The fourth-order valence-electron chi connectivity index (χ4n) is 0.103. The van der Waals surface area contributed by atoms with Crippen LogP contribution in [0.2, 0.25) is 5.54 Å². The number of rotatable bonds is 2. The van der Waals surface area contributed by atoms with E-state index in [-0.39, 0.29) is 4.84 Å². The summed E-state index contributed by atoms with van der Waals surface area (Å²) >= 11 is 10.9. The van der Waals surface area contributed by atoms with Gasteiger partial charge in [-0.25, -0.2) is 0 Å². The predicted octanol–water partition coefficient (Wildman–Crippen LogP) is 1.13. The molecule has 42 valence electrons. The van der Waals surface area contributed by atoms with E-state index in [4.69, 9.17) is 23.2 Å². The minimum Gasteiger partial charge on any atom is -0.105 e. The van der Waals surface area contributed by atoms with Crippen LogP contribution in [-0.2, 0) is 0 Å². The Labute approximate surface area is 56.9 Å². The van der Waals surface area contributed by atoms with Crippen LogP contribution in [0, 0.1) is 0 Å². The van der Waals surface area contributed by atoms with Crippen molar-refractivity contribution in [3.63, 3.8) is 0 Å². The Kier molecular flexibility index (Phi) is 3.80. The molecular weight excluding hydrogens is 147 g/mol. The van der Waals surface area contributed by atoms with Crippen LogP contribution in [0.5, 0.6) is 0 Å². The molecule has 1 atom stereocenters. The number of alkyl halides is 2. The van der Waals surface area contributed by atoms with E-state index in [1.807, 2.05) is 0 Å². The maximum absolute atomic E-state index is 5.46. The Balaban J connectivity index is 3.33. The number of hydrogen-bond acceptors (Lipinski definition) is 0. The van der Waals surface area contributed by atoms with E-state index in [9.17, 15) is 0 Å². The van der Waals surface area contributed by atoms with E-state index in [1.54, 1.807) is 6.08 Å². The van der Waals surface area contributed by atoms with Crippen molar-refractivity contribution in [1.82, 2.24) is 0 Å². The first kappa shape index (κ1) is 7.54. The topological polar surface area (TPSA) is 0 Å². The van der Waals surface area contributed by atoms with Crippen molar-refractivity contribution in [3.8, 4) is 0 Å². The van der Waals surface area contributed by atoms with Crippen LogP contribution in [0.3, 0.4) is 0 Å². The Hall–Kier alpha value is 0.537. The fraction of sp³-hybridized carbons (Fsp3) is 0.500. The van der Waals surface area contributed by atoms with Crippen molar-refractivity contribution in [1.29, 1.82) is 0 Å². The van der Waals surface area contributed by atoms with E-state index in [2.05, 4.69) is 6.58 Å². The van der Waals surface area contributed by atoms with Gasteiger partial charge in [0.05, 0.1) is 0 Å². The Morgan fingerprint density at radius 1 is 1.57 bits per heavy atom. The van der Waals surface area contributed by atoms with Gasteiger partial charge in [-0.2, -0.15) is 0 Å². The number of allylic oxidation sites excluding steroid dienone is 1. The summed E-state index contributed by atoms with van der Waals surface area (Å²) in [6.45, 7) is 3.55. The summed E-state index contributed by atoms with van der Waals surface area (Å²) in [7, 11) is 0.992. The summed E-state index contributed by atoms with van der Waals surface area (Å²) < 4.78 is 0. The molecule has 0 bridgehead atoms. The van der Waals surface area contributed by atoms with Crippen molar-refractivity contribution in [2.45, 2.75) is 10.4 Å². The van der Waals surface area contributed by atoms with Crippen molar-refractivity contribution in [2.24, 2.45) is 0 Å². The lowest BCUT2D eigenvalue weighted by atomic mass is 10.5. The molecule has 0 aliphatic carbocycles. The van der Waals surface area contributed by atoms with Crippen molar-refractivity contribution >= 4 is 33.4 Å². The standard InChI is InChI=1S/C4H8Cl2Si/c1-2-3(7)4(5)6/h2-4H,1H2,7H3. The van der Waals surface area contributed by atoms with Gasteiger partial charge >= 0.3 is 0 Å². The number of hydrogen-bond donors (Lipinski definition) is 0. The molecule has 0 aliphatic heterocycles. The molecule has 0 nitrogen and oxygen atoms in total. The third-order valence-corrected chi connectivity index (χ3v) is 3.55. The molecule has 7 heavy (non-hydrogen) atoms. The average molecular weight is 155 g/mol. The second-order valence-electron chi connectivity index (χ2n) is 1.43. The number of halogens is 2. The Bertz CT molecular complexity index is 62.7. The first-order chi connectivity index (χ1) is 3.18. The van der Waals surface area contributed by atoms with Crippen LogP contribution in [0.4, 0.5) is 0 Å². The van der Waals surface area contributed by atoms with Crippen LogP contribution in [0.1, 0.15) is 0 Å². The molecular formula is C4H8Cl2Si. The van der Waals surface area contributed by atoms with Gasteiger partial charge in [0, 0.05) is 10.2 Å². The molecule has 1 unspecified atom stereocenters. The van der Waals surface area contributed by atoms with E-state index in [0.29, 0.717) is 5.54 Å². The molecule has 0 aromatic heterocycles. The zero-order valence-corrected chi connectivity index (χ0v) is 7.71. The second-order valence-corrected chi connectivity index (χ2v) is 3.93. The normalized spacial score (nSPS) is 14.7. The highest BCUT2D eigenvalue weighted by molar-refractivity contribution is 6.47. The van der Waals surface area contributed by atoms with Gasteiger partial charge in [0.25, 0.3) is 0 Å². The summed E-state index contributed by atoms with van der Waals surface area (Å²) in [4.78, 5) is -0.246. The van der Waals surface area contributed by atoms with Crippen LogP contribution in [0.15, 0.2) is 12.7 Å². The quantitative estimate of drug-likeness (QED) is 0.318. The fourth-order valence-corrected chi connectivity index (χ4v) is 0.309. The molecule has 0 radical (unpaired) electrons. The van der Waals surface area contributed by atoms with Crippen LogP contribution < -0.4 is 0 Å². The molecule has 0 aliphatic rings. The van der Waals surface area contributed by atoms with Gasteiger partial charge in [-0.15, -0.1) is 29.8 Å². The van der Waals surface area contributed by atoms with Gasteiger partial charge < -0.3 is 0 Å². The van der Waals surface area contributed by atoms with Gasteiger partial charge in [0.2, 0.25) is 0 Å². The van der Waals surface area contributed by atoms with Crippen LogP contribution in [0.25, 0.3) is 0 Å². The molecule has 0 rings (SSSR count). The molecule has 0 fully saturated rings. The van der Waals surface area contributed by atoms with Crippen molar-refractivity contribution in [2.75, 3.05) is 0 Å². The second kappa shape index (κ2) is 3.53. The van der Waals surface area contributed by atoms with Crippen molar-refractivity contribution < 1.29 is 0 Å². The highest BCUT2D eigenvalue weighted by Gasteiger charge is 2.03. The van der Waals surface area contributed by atoms with E-state index in [1.165, 1.54) is 0 Å². The molecule has 0 heterocycles. The summed E-state index contributed by atoms with van der Waals surface area (Å²) in [6.07, 6.45) is 1.79. The highest BCUT2D eigenvalue weighted by Crippen LogP contribution is 2.17.